The zero-order valence-corrected chi connectivity index (χ0v) is 17.7. The molecular formula is C22H26F4N4O. The van der Waals surface area contributed by atoms with E-state index in [1.54, 1.807) is 20.0 Å². The van der Waals surface area contributed by atoms with E-state index in [-0.39, 0.29) is 12.4 Å². The molecule has 0 aliphatic heterocycles. The van der Waals surface area contributed by atoms with Crippen molar-refractivity contribution in [1.82, 2.24) is 10.3 Å². The fourth-order valence-electron chi connectivity index (χ4n) is 2.93. The Morgan fingerprint density at radius 3 is 2.58 bits per heavy atom. The minimum Gasteiger partial charge on any atom is -0.386 e. The number of alkyl halides is 3. The van der Waals surface area contributed by atoms with Gasteiger partial charge in [0.1, 0.15) is 17.3 Å². The number of pyridine rings is 1. The molecule has 0 fully saturated rings. The minimum atomic E-state index is -4.56. The van der Waals surface area contributed by atoms with E-state index in [0.717, 1.165) is 18.9 Å². The maximum atomic E-state index is 14.0. The average molecular weight is 438 g/mol. The smallest absolute Gasteiger partial charge is 0.386 e. The number of carbonyl (C=O) groups is 1. The van der Waals surface area contributed by atoms with Crippen LogP contribution in [0.4, 0.5) is 29.1 Å². The number of amides is 1. The van der Waals surface area contributed by atoms with Crippen LogP contribution in [0, 0.1) is 12.7 Å². The predicted molar refractivity (Wildman–Crippen MR) is 114 cm³/mol. The normalized spacial score (nSPS) is 11.6. The molecule has 9 heteroatoms. The van der Waals surface area contributed by atoms with Crippen molar-refractivity contribution >= 4 is 23.5 Å². The third-order valence-corrected chi connectivity index (χ3v) is 4.52. The molecule has 31 heavy (non-hydrogen) atoms. The van der Waals surface area contributed by atoms with Crippen LogP contribution in [0.5, 0.6) is 0 Å². The lowest BCUT2D eigenvalue weighted by molar-refractivity contribution is -0.141. The maximum Gasteiger partial charge on any atom is 0.433 e. The molecule has 0 bridgehead atoms. The van der Waals surface area contributed by atoms with Crippen molar-refractivity contribution in [3.63, 3.8) is 0 Å². The minimum absolute atomic E-state index is 0.0627. The van der Waals surface area contributed by atoms with Crippen LogP contribution in [0.15, 0.2) is 30.3 Å². The van der Waals surface area contributed by atoms with Gasteiger partial charge in [-0.2, -0.15) is 13.2 Å². The first-order valence-electron chi connectivity index (χ1n) is 9.90. The summed E-state index contributed by atoms with van der Waals surface area (Å²) in [5.74, 6) is -0.816. The van der Waals surface area contributed by atoms with Crippen molar-refractivity contribution < 1.29 is 22.4 Å². The highest BCUT2D eigenvalue weighted by Gasteiger charge is 2.32. The molecule has 2 rings (SSSR count). The van der Waals surface area contributed by atoms with Gasteiger partial charge in [-0.3, -0.25) is 4.79 Å². The van der Waals surface area contributed by atoms with Crippen LogP contribution >= 0.6 is 0 Å². The fraction of sp³-hybridized carbons (Fsp3) is 0.364. The molecule has 5 nitrogen and oxygen atoms in total. The summed E-state index contributed by atoms with van der Waals surface area (Å²) in [4.78, 5) is 15.8. The third-order valence-electron chi connectivity index (χ3n) is 4.52. The summed E-state index contributed by atoms with van der Waals surface area (Å²) in [6.07, 6.45) is -0.316. The summed E-state index contributed by atoms with van der Waals surface area (Å²) < 4.78 is 52.9. The van der Waals surface area contributed by atoms with Crippen molar-refractivity contribution in [2.45, 2.75) is 39.4 Å². The molecule has 0 radical (unpaired) electrons. The molecule has 3 N–H and O–H groups in total. The van der Waals surface area contributed by atoms with Crippen molar-refractivity contribution in [1.29, 1.82) is 0 Å². The van der Waals surface area contributed by atoms with E-state index in [4.69, 9.17) is 0 Å². The number of rotatable bonds is 9. The van der Waals surface area contributed by atoms with Crippen LogP contribution in [-0.4, -0.2) is 24.5 Å². The van der Waals surface area contributed by atoms with Crippen LogP contribution in [0.25, 0.3) is 6.08 Å². The van der Waals surface area contributed by atoms with Gasteiger partial charge in [0.2, 0.25) is 5.91 Å². The lowest BCUT2D eigenvalue weighted by Gasteiger charge is -2.12. The number of nitrogens with zero attached hydrogens (tertiary/aromatic N) is 1. The number of aryl methyl sites for hydroxylation is 1. The quantitative estimate of drug-likeness (QED) is 0.288. The Balaban J connectivity index is 2.10. The Labute approximate surface area is 179 Å². The zero-order chi connectivity index (χ0) is 23.0. The van der Waals surface area contributed by atoms with Crippen LogP contribution < -0.4 is 16.0 Å². The summed E-state index contributed by atoms with van der Waals surface area (Å²) in [5.41, 5.74) is 1.05. The summed E-state index contributed by atoms with van der Waals surface area (Å²) in [6.45, 7) is 4.29. The van der Waals surface area contributed by atoms with Crippen LogP contribution in [-0.2, 0) is 17.5 Å². The summed E-state index contributed by atoms with van der Waals surface area (Å²) >= 11 is 0. The number of hydrogen-bond donors (Lipinski definition) is 3. The monoisotopic (exact) mass is 438 g/mol. The number of halogens is 4. The van der Waals surface area contributed by atoms with Crippen molar-refractivity contribution in [3.05, 3.63) is 58.5 Å². The second-order valence-corrected chi connectivity index (χ2v) is 6.98. The second-order valence-electron chi connectivity index (χ2n) is 6.98. The van der Waals surface area contributed by atoms with Crippen molar-refractivity contribution in [2.75, 3.05) is 24.2 Å². The van der Waals surface area contributed by atoms with E-state index in [1.807, 2.05) is 6.92 Å². The first kappa shape index (κ1) is 24.2. The number of aromatic nitrogens is 1. The molecule has 1 heterocycles. The van der Waals surface area contributed by atoms with Crippen molar-refractivity contribution in [2.24, 2.45) is 0 Å². The second kappa shape index (κ2) is 10.8. The summed E-state index contributed by atoms with van der Waals surface area (Å²) in [5, 5.41) is 8.30. The average Bonchev–Trinajstić information content (AvgIpc) is 2.70. The van der Waals surface area contributed by atoms with Crippen LogP contribution in [0.3, 0.4) is 0 Å². The topological polar surface area (TPSA) is 66.0 Å². The number of unbranched alkanes of at least 4 members (excludes halogenated alkanes) is 1. The van der Waals surface area contributed by atoms with E-state index in [2.05, 4.69) is 20.9 Å². The molecule has 1 aromatic heterocycles. The van der Waals surface area contributed by atoms with Gasteiger partial charge >= 0.3 is 6.18 Å². The molecule has 1 amide bonds. The van der Waals surface area contributed by atoms with Crippen LogP contribution in [0.2, 0.25) is 0 Å². The largest absolute Gasteiger partial charge is 0.433 e. The van der Waals surface area contributed by atoms with Gasteiger partial charge in [0, 0.05) is 31.8 Å². The number of carbonyl (C=O) groups excluding carboxylic acids is 1. The highest BCUT2D eigenvalue weighted by Crippen LogP contribution is 2.30. The van der Waals surface area contributed by atoms with Gasteiger partial charge in [-0.15, -0.1) is 0 Å². The van der Waals surface area contributed by atoms with Gasteiger partial charge < -0.3 is 16.0 Å². The molecule has 168 valence electrons. The number of nitrogens with one attached hydrogen (secondary N) is 3. The Morgan fingerprint density at radius 1 is 1.23 bits per heavy atom. The molecule has 0 spiro atoms. The Hall–Kier alpha value is -3.10. The molecule has 0 aliphatic rings. The molecule has 0 atom stereocenters. The van der Waals surface area contributed by atoms with E-state index in [9.17, 15) is 22.4 Å². The summed E-state index contributed by atoms with van der Waals surface area (Å²) in [6, 6.07) is 5.23. The molecule has 0 saturated heterocycles. The molecule has 0 unspecified atom stereocenters. The van der Waals surface area contributed by atoms with E-state index >= 15 is 0 Å². The van der Waals surface area contributed by atoms with Gasteiger partial charge in [-0.1, -0.05) is 19.4 Å². The molecule has 0 saturated carbocycles. The molecule has 1 aromatic carbocycles. The maximum absolute atomic E-state index is 14.0. The van der Waals surface area contributed by atoms with Crippen LogP contribution in [0.1, 0.15) is 42.1 Å². The fourth-order valence-corrected chi connectivity index (χ4v) is 2.93. The van der Waals surface area contributed by atoms with Gasteiger partial charge in [0.05, 0.1) is 5.69 Å². The Morgan fingerprint density at radius 2 is 1.97 bits per heavy atom. The standard InChI is InChI=1S/C22H26F4N4O/c1-4-5-10-28-21-16(6-8-18(30-21)22(24,25)26)7-9-19(31)29-13-15-11-14(2)20(27-3)17(23)12-15/h6-9,11-12,27H,4-5,10,13H2,1-3H3,(H,28,30)(H,29,31)/b9-7+. The molecular weight excluding hydrogens is 412 g/mol. The number of hydrogen-bond acceptors (Lipinski definition) is 4. The first-order chi connectivity index (χ1) is 14.7. The third kappa shape index (κ3) is 6.97. The predicted octanol–water partition coefficient (Wildman–Crippen LogP) is 5.13. The SMILES string of the molecule is CCCCNc1nc(C(F)(F)F)ccc1/C=C/C(=O)NCc1cc(C)c(NC)c(F)c1. The van der Waals surface area contributed by atoms with Crippen molar-refractivity contribution in [3.8, 4) is 0 Å². The Bertz CT molecular complexity index is 919. The zero-order valence-electron chi connectivity index (χ0n) is 17.7. The highest BCUT2D eigenvalue weighted by atomic mass is 19.4. The van der Waals surface area contributed by atoms with E-state index < -0.39 is 23.6 Å². The lowest BCUT2D eigenvalue weighted by atomic mass is 10.1. The van der Waals surface area contributed by atoms with E-state index in [0.29, 0.717) is 28.9 Å². The van der Waals surface area contributed by atoms with Gasteiger partial charge in [-0.25, -0.2) is 9.37 Å². The number of benzene rings is 1. The van der Waals surface area contributed by atoms with E-state index in [1.165, 1.54) is 24.3 Å². The first-order valence-corrected chi connectivity index (χ1v) is 9.90. The van der Waals surface area contributed by atoms with Gasteiger partial charge in [0.25, 0.3) is 0 Å². The Kier molecular flexibility index (Phi) is 8.41. The lowest BCUT2D eigenvalue weighted by Crippen LogP contribution is -2.20. The van der Waals surface area contributed by atoms with Gasteiger partial charge in [0.15, 0.2) is 0 Å². The molecule has 0 aliphatic carbocycles. The van der Waals surface area contributed by atoms with Gasteiger partial charge in [-0.05, 0) is 48.7 Å². The highest BCUT2D eigenvalue weighted by molar-refractivity contribution is 5.92. The molecule has 2 aromatic rings. The summed E-state index contributed by atoms with van der Waals surface area (Å²) in [7, 11) is 1.62. The number of anilines is 2.